The van der Waals surface area contributed by atoms with Gasteiger partial charge in [0.15, 0.2) is 5.96 Å². The molecule has 17 heavy (non-hydrogen) atoms. The lowest BCUT2D eigenvalue weighted by molar-refractivity contribution is 0.0325. The second-order valence-corrected chi connectivity index (χ2v) is 4.28. The first-order chi connectivity index (χ1) is 8.27. The first-order valence-corrected chi connectivity index (χ1v) is 5.95. The van der Waals surface area contributed by atoms with E-state index in [-0.39, 0.29) is 0 Å². The van der Waals surface area contributed by atoms with E-state index in [4.69, 9.17) is 10.5 Å². The molecule has 1 saturated heterocycles. The van der Waals surface area contributed by atoms with Gasteiger partial charge in [-0.05, 0) is 12.5 Å². The predicted molar refractivity (Wildman–Crippen MR) is 68.8 cm³/mol. The number of morpholine rings is 1. The molecule has 0 bridgehead atoms. The SMILES string of the molecule is CC1COCCN1C(N)=NCc1ccccc1. The van der Waals surface area contributed by atoms with Crippen LogP contribution in [-0.2, 0) is 11.3 Å². The largest absolute Gasteiger partial charge is 0.377 e. The van der Waals surface area contributed by atoms with Gasteiger partial charge in [0.2, 0.25) is 0 Å². The van der Waals surface area contributed by atoms with Crippen LogP contribution in [0.3, 0.4) is 0 Å². The van der Waals surface area contributed by atoms with Gasteiger partial charge in [-0.1, -0.05) is 30.3 Å². The molecule has 0 radical (unpaired) electrons. The number of hydrogen-bond acceptors (Lipinski definition) is 2. The zero-order chi connectivity index (χ0) is 12.1. The molecule has 4 nitrogen and oxygen atoms in total. The monoisotopic (exact) mass is 233 g/mol. The number of benzene rings is 1. The van der Waals surface area contributed by atoms with Crippen LogP contribution in [0.2, 0.25) is 0 Å². The number of hydrogen-bond donors (Lipinski definition) is 1. The van der Waals surface area contributed by atoms with Crippen molar-refractivity contribution in [1.29, 1.82) is 0 Å². The van der Waals surface area contributed by atoms with Crippen LogP contribution < -0.4 is 5.73 Å². The Bertz CT molecular complexity index is 378. The third kappa shape index (κ3) is 3.20. The molecular formula is C13H19N3O. The van der Waals surface area contributed by atoms with Crippen LogP contribution in [0, 0.1) is 0 Å². The van der Waals surface area contributed by atoms with Crippen LogP contribution >= 0.6 is 0 Å². The van der Waals surface area contributed by atoms with Crippen molar-refractivity contribution in [3.8, 4) is 0 Å². The highest BCUT2D eigenvalue weighted by molar-refractivity contribution is 5.78. The zero-order valence-corrected chi connectivity index (χ0v) is 10.2. The van der Waals surface area contributed by atoms with Crippen LogP contribution in [0.25, 0.3) is 0 Å². The molecule has 1 aromatic rings. The van der Waals surface area contributed by atoms with E-state index in [1.807, 2.05) is 18.2 Å². The van der Waals surface area contributed by atoms with Crippen LogP contribution in [0.4, 0.5) is 0 Å². The average Bonchev–Trinajstić information content (AvgIpc) is 2.38. The van der Waals surface area contributed by atoms with Crippen molar-refractivity contribution >= 4 is 5.96 Å². The minimum atomic E-state index is 0.309. The number of ether oxygens (including phenoxy) is 1. The Kier molecular flexibility index (Phi) is 3.98. The van der Waals surface area contributed by atoms with Crippen molar-refractivity contribution in [2.75, 3.05) is 19.8 Å². The fourth-order valence-electron chi connectivity index (χ4n) is 1.91. The second kappa shape index (κ2) is 5.68. The molecule has 1 atom stereocenters. The molecule has 1 aromatic carbocycles. The van der Waals surface area contributed by atoms with Gasteiger partial charge in [0.1, 0.15) is 0 Å². The van der Waals surface area contributed by atoms with E-state index >= 15 is 0 Å². The smallest absolute Gasteiger partial charge is 0.191 e. The highest BCUT2D eigenvalue weighted by Gasteiger charge is 2.19. The van der Waals surface area contributed by atoms with Gasteiger partial charge < -0.3 is 15.4 Å². The third-order valence-corrected chi connectivity index (χ3v) is 2.93. The standard InChI is InChI=1S/C13H19N3O/c1-11-10-17-8-7-16(11)13(14)15-9-12-5-3-2-4-6-12/h2-6,11H,7-10H2,1H3,(H2,14,15). The van der Waals surface area contributed by atoms with Gasteiger partial charge in [-0.25, -0.2) is 4.99 Å². The van der Waals surface area contributed by atoms with Gasteiger partial charge in [0.05, 0.1) is 25.8 Å². The number of aliphatic imine (C=N–C) groups is 1. The maximum Gasteiger partial charge on any atom is 0.191 e. The number of guanidine groups is 1. The molecule has 0 amide bonds. The fraction of sp³-hybridized carbons (Fsp3) is 0.462. The van der Waals surface area contributed by atoms with E-state index in [1.165, 1.54) is 5.56 Å². The van der Waals surface area contributed by atoms with Gasteiger partial charge in [-0.2, -0.15) is 0 Å². The predicted octanol–water partition coefficient (Wildman–Crippen LogP) is 1.22. The van der Waals surface area contributed by atoms with E-state index in [1.54, 1.807) is 0 Å². The lowest BCUT2D eigenvalue weighted by Crippen LogP contribution is -2.50. The summed E-state index contributed by atoms with van der Waals surface area (Å²) < 4.78 is 5.37. The highest BCUT2D eigenvalue weighted by atomic mass is 16.5. The molecule has 1 aliphatic rings. The molecule has 1 fully saturated rings. The molecule has 1 heterocycles. The average molecular weight is 233 g/mol. The van der Waals surface area contributed by atoms with Gasteiger partial charge >= 0.3 is 0 Å². The number of nitrogens with two attached hydrogens (primary N) is 1. The van der Waals surface area contributed by atoms with Crippen molar-refractivity contribution < 1.29 is 4.74 Å². The van der Waals surface area contributed by atoms with Crippen molar-refractivity contribution in [1.82, 2.24) is 4.90 Å². The van der Waals surface area contributed by atoms with Gasteiger partial charge in [-0.15, -0.1) is 0 Å². The van der Waals surface area contributed by atoms with Crippen molar-refractivity contribution in [3.05, 3.63) is 35.9 Å². The summed E-state index contributed by atoms with van der Waals surface area (Å²) in [5.41, 5.74) is 7.18. The van der Waals surface area contributed by atoms with E-state index in [9.17, 15) is 0 Å². The van der Waals surface area contributed by atoms with Crippen molar-refractivity contribution in [3.63, 3.8) is 0 Å². The van der Waals surface area contributed by atoms with E-state index in [0.717, 1.165) is 19.8 Å². The summed E-state index contributed by atoms with van der Waals surface area (Å²) in [6, 6.07) is 10.4. The Hall–Kier alpha value is -1.55. The number of rotatable bonds is 2. The van der Waals surface area contributed by atoms with Crippen molar-refractivity contribution in [2.24, 2.45) is 10.7 Å². The molecule has 2 rings (SSSR count). The molecule has 4 heteroatoms. The first-order valence-electron chi connectivity index (χ1n) is 5.95. The molecule has 1 unspecified atom stereocenters. The Labute approximate surface area is 102 Å². The summed E-state index contributed by atoms with van der Waals surface area (Å²) in [4.78, 5) is 6.54. The first kappa shape index (κ1) is 11.9. The van der Waals surface area contributed by atoms with Gasteiger partial charge in [0.25, 0.3) is 0 Å². The molecule has 0 spiro atoms. The lowest BCUT2D eigenvalue weighted by Gasteiger charge is -2.34. The minimum absolute atomic E-state index is 0.309. The summed E-state index contributed by atoms with van der Waals surface area (Å²) in [6.07, 6.45) is 0. The molecule has 0 aromatic heterocycles. The topological polar surface area (TPSA) is 50.9 Å². The summed E-state index contributed by atoms with van der Waals surface area (Å²) in [7, 11) is 0. The fourth-order valence-corrected chi connectivity index (χ4v) is 1.91. The molecule has 92 valence electrons. The zero-order valence-electron chi connectivity index (χ0n) is 10.2. The van der Waals surface area contributed by atoms with Gasteiger partial charge in [0, 0.05) is 6.54 Å². The van der Waals surface area contributed by atoms with E-state index in [2.05, 4.69) is 28.9 Å². The molecule has 0 aliphatic carbocycles. The van der Waals surface area contributed by atoms with Crippen LogP contribution in [0.1, 0.15) is 12.5 Å². The Morgan fingerprint density at radius 1 is 1.47 bits per heavy atom. The van der Waals surface area contributed by atoms with Crippen LogP contribution in [0.15, 0.2) is 35.3 Å². The normalized spacial score (nSPS) is 21.6. The van der Waals surface area contributed by atoms with E-state index < -0.39 is 0 Å². The summed E-state index contributed by atoms with van der Waals surface area (Å²) >= 11 is 0. The highest BCUT2D eigenvalue weighted by Crippen LogP contribution is 2.06. The lowest BCUT2D eigenvalue weighted by atomic mass is 10.2. The van der Waals surface area contributed by atoms with Crippen LogP contribution in [0.5, 0.6) is 0 Å². The third-order valence-electron chi connectivity index (χ3n) is 2.93. The minimum Gasteiger partial charge on any atom is -0.377 e. The van der Waals surface area contributed by atoms with Crippen LogP contribution in [-0.4, -0.2) is 36.7 Å². The Morgan fingerprint density at radius 3 is 2.94 bits per heavy atom. The second-order valence-electron chi connectivity index (χ2n) is 4.28. The molecule has 2 N–H and O–H groups in total. The molecular weight excluding hydrogens is 214 g/mol. The Balaban J connectivity index is 1.96. The maximum atomic E-state index is 6.01. The van der Waals surface area contributed by atoms with Gasteiger partial charge in [-0.3, -0.25) is 0 Å². The quantitative estimate of drug-likeness (QED) is 0.617. The Morgan fingerprint density at radius 2 is 2.24 bits per heavy atom. The van der Waals surface area contributed by atoms with E-state index in [0.29, 0.717) is 18.5 Å². The summed E-state index contributed by atoms with van der Waals surface area (Å²) in [5.74, 6) is 0.615. The number of nitrogens with zero attached hydrogens (tertiary/aromatic N) is 2. The van der Waals surface area contributed by atoms with Crippen molar-refractivity contribution in [2.45, 2.75) is 19.5 Å². The summed E-state index contributed by atoms with van der Waals surface area (Å²) in [5, 5.41) is 0. The maximum absolute atomic E-state index is 6.01. The molecule has 0 saturated carbocycles. The molecule has 1 aliphatic heterocycles. The summed E-state index contributed by atoms with van der Waals surface area (Å²) in [6.45, 7) is 5.01.